The number of nitrogens with one attached hydrogen (secondary N) is 2. The first-order valence-corrected chi connectivity index (χ1v) is 11.5. The number of hydrazone groups is 1. The lowest BCUT2D eigenvalue weighted by atomic mass is 10.1. The van der Waals surface area contributed by atoms with Crippen molar-refractivity contribution in [1.82, 2.24) is 5.43 Å². The number of halogens is 3. The van der Waals surface area contributed by atoms with E-state index in [0.29, 0.717) is 28.0 Å². The van der Waals surface area contributed by atoms with Gasteiger partial charge in [-0.1, -0.05) is 35.9 Å². The first kappa shape index (κ1) is 23.9. The predicted molar refractivity (Wildman–Crippen MR) is 136 cm³/mol. The van der Waals surface area contributed by atoms with Crippen molar-refractivity contribution in [1.29, 1.82) is 0 Å². The molecule has 0 fully saturated rings. The van der Waals surface area contributed by atoms with Crippen molar-refractivity contribution < 1.29 is 4.79 Å². The van der Waals surface area contributed by atoms with Crippen LogP contribution in [0.4, 0.5) is 17.1 Å². The molecule has 0 heterocycles. The Balaban J connectivity index is 1.63. The number of anilines is 3. The third-order valence-electron chi connectivity index (χ3n) is 4.64. The molecule has 0 atom stereocenters. The molecule has 0 radical (unpaired) electrons. The molecule has 3 aromatic carbocycles. The van der Waals surface area contributed by atoms with Crippen molar-refractivity contribution in [3.63, 3.8) is 0 Å². The first-order valence-electron chi connectivity index (χ1n) is 10.0. The summed E-state index contributed by atoms with van der Waals surface area (Å²) >= 11 is 17.7. The van der Waals surface area contributed by atoms with Gasteiger partial charge in [0.15, 0.2) is 0 Å². The van der Waals surface area contributed by atoms with E-state index in [4.69, 9.17) is 34.8 Å². The van der Waals surface area contributed by atoms with E-state index >= 15 is 0 Å². The van der Waals surface area contributed by atoms with E-state index in [1.807, 2.05) is 48.5 Å². The van der Waals surface area contributed by atoms with Gasteiger partial charge >= 0.3 is 0 Å². The number of amides is 1. The van der Waals surface area contributed by atoms with Crippen LogP contribution in [0.2, 0.25) is 5.02 Å². The Morgan fingerprint density at radius 3 is 2.22 bits per heavy atom. The van der Waals surface area contributed by atoms with Crippen molar-refractivity contribution in [3.05, 3.63) is 88.9 Å². The number of nitrogens with zero attached hydrogens (tertiary/aromatic N) is 2. The van der Waals surface area contributed by atoms with Gasteiger partial charge in [-0.05, 0) is 54.1 Å². The molecule has 0 aliphatic rings. The minimum atomic E-state index is -0.315. The largest absolute Gasteiger partial charge is 0.369 e. The Morgan fingerprint density at radius 2 is 1.56 bits per heavy atom. The minimum Gasteiger partial charge on any atom is -0.369 e. The van der Waals surface area contributed by atoms with Crippen LogP contribution >= 0.6 is 34.8 Å². The van der Waals surface area contributed by atoms with E-state index in [1.165, 1.54) is 0 Å². The highest BCUT2D eigenvalue weighted by Crippen LogP contribution is 2.22. The Labute approximate surface area is 203 Å². The van der Waals surface area contributed by atoms with E-state index in [9.17, 15) is 4.79 Å². The van der Waals surface area contributed by atoms with Crippen LogP contribution in [-0.2, 0) is 0 Å². The van der Waals surface area contributed by atoms with Crippen LogP contribution in [0.5, 0.6) is 0 Å². The van der Waals surface area contributed by atoms with E-state index in [2.05, 4.69) is 20.7 Å². The molecule has 0 unspecified atom stereocenters. The highest BCUT2D eigenvalue weighted by atomic mass is 35.5. The fourth-order valence-corrected chi connectivity index (χ4v) is 3.58. The van der Waals surface area contributed by atoms with Gasteiger partial charge in [-0.3, -0.25) is 4.79 Å². The monoisotopic (exact) mass is 488 g/mol. The quantitative estimate of drug-likeness (QED) is 0.204. The number of para-hydroxylation sites is 1. The molecule has 0 bridgehead atoms. The summed E-state index contributed by atoms with van der Waals surface area (Å²) in [5, 5.41) is 7.98. The molecule has 0 spiro atoms. The average molecular weight is 490 g/mol. The van der Waals surface area contributed by atoms with Gasteiger partial charge < -0.3 is 10.2 Å². The van der Waals surface area contributed by atoms with Gasteiger partial charge in [-0.15, -0.1) is 23.2 Å². The topological polar surface area (TPSA) is 56.7 Å². The first-order chi connectivity index (χ1) is 15.6. The smallest absolute Gasteiger partial charge is 0.273 e. The molecule has 3 aromatic rings. The molecule has 166 valence electrons. The molecule has 8 heteroatoms. The van der Waals surface area contributed by atoms with E-state index in [0.717, 1.165) is 30.0 Å². The summed E-state index contributed by atoms with van der Waals surface area (Å²) in [6.45, 7) is 1.45. The van der Waals surface area contributed by atoms with Crippen LogP contribution in [-0.4, -0.2) is 37.0 Å². The van der Waals surface area contributed by atoms with Crippen molar-refractivity contribution in [2.75, 3.05) is 35.1 Å². The maximum Gasteiger partial charge on any atom is 0.273 e. The highest BCUT2D eigenvalue weighted by Gasteiger charge is 2.10. The summed E-state index contributed by atoms with van der Waals surface area (Å²) in [7, 11) is 0. The van der Waals surface area contributed by atoms with Gasteiger partial charge in [0.05, 0.1) is 17.5 Å². The SMILES string of the molecule is O=C(NN=Cc1ccc(N(CCCl)CCCl)cc1)c1ccccc1Nc1ccc(Cl)cc1. The van der Waals surface area contributed by atoms with Gasteiger partial charge in [0, 0.05) is 41.2 Å². The van der Waals surface area contributed by atoms with Gasteiger partial charge in [0.1, 0.15) is 0 Å². The average Bonchev–Trinajstić information content (AvgIpc) is 2.81. The third kappa shape index (κ3) is 6.89. The molecule has 0 saturated heterocycles. The summed E-state index contributed by atoms with van der Waals surface area (Å²) in [6, 6.07) is 22.3. The summed E-state index contributed by atoms with van der Waals surface area (Å²) < 4.78 is 0. The van der Waals surface area contributed by atoms with Gasteiger partial charge in [0.2, 0.25) is 0 Å². The van der Waals surface area contributed by atoms with Crippen LogP contribution in [0.3, 0.4) is 0 Å². The zero-order valence-electron chi connectivity index (χ0n) is 17.3. The Kier molecular flexibility index (Phi) is 9.23. The second kappa shape index (κ2) is 12.3. The zero-order valence-corrected chi connectivity index (χ0v) is 19.5. The van der Waals surface area contributed by atoms with Crippen LogP contribution in [0.1, 0.15) is 15.9 Å². The Bertz CT molecular complexity index is 1030. The molecular weight excluding hydrogens is 467 g/mol. The number of carbonyl (C=O) groups is 1. The minimum absolute atomic E-state index is 0.315. The fraction of sp³-hybridized carbons (Fsp3) is 0.167. The van der Waals surface area contributed by atoms with Gasteiger partial charge in [0.25, 0.3) is 5.91 Å². The van der Waals surface area contributed by atoms with Gasteiger partial charge in [-0.25, -0.2) is 5.43 Å². The van der Waals surface area contributed by atoms with Crippen LogP contribution in [0.25, 0.3) is 0 Å². The van der Waals surface area contributed by atoms with E-state index < -0.39 is 0 Å². The number of rotatable bonds is 10. The lowest BCUT2D eigenvalue weighted by Gasteiger charge is -2.22. The maximum absolute atomic E-state index is 12.7. The normalized spacial score (nSPS) is 10.8. The lowest BCUT2D eigenvalue weighted by Crippen LogP contribution is -2.27. The van der Waals surface area contributed by atoms with E-state index in [1.54, 1.807) is 30.5 Å². The van der Waals surface area contributed by atoms with Crippen molar-refractivity contribution in [3.8, 4) is 0 Å². The summed E-state index contributed by atoms with van der Waals surface area (Å²) in [5.74, 6) is 0.742. The standard InChI is InChI=1S/C24H23Cl3N4O/c25-13-15-31(16-14-26)21-11-5-18(6-12-21)17-28-30-24(32)22-3-1-2-4-23(22)29-20-9-7-19(27)8-10-20/h1-12,17,29H,13-16H2,(H,30,32). The molecule has 1 amide bonds. The third-order valence-corrected chi connectivity index (χ3v) is 5.23. The van der Waals surface area contributed by atoms with E-state index in [-0.39, 0.29) is 5.91 Å². The predicted octanol–water partition coefficient (Wildman–Crippen LogP) is 6.13. The number of hydrogen-bond donors (Lipinski definition) is 2. The Morgan fingerprint density at radius 1 is 0.906 bits per heavy atom. The number of carbonyl (C=O) groups excluding carboxylic acids is 1. The number of alkyl halides is 2. The molecule has 0 aliphatic heterocycles. The molecule has 0 aliphatic carbocycles. The summed E-state index contributed by atoms with van der Waals surface area (Å²) in [6.07, 6.45) is 1.60. The second-order valence-electron chi connectivity index (χ2n) is 6.83. The van der Waals surface area contributed by atoms with Gasteiger partial charge in [-0.2, -0.15) is 5.10 Å². The summed E-state index contributed by atoms with van der Waals surface area (Å²) in [4.78, 5) is 14.8. The van der Waals surface area contributed by atoms with Crippen LogP contribution < -0.4 is 15.6 Å². The second-order valence-corrected chi connectivity index (χ2v) is 8.03. The molecule has 5 nitrogen and oxygen atoms in total. The zero-order chi connectivity index (χ0) is 22.8. The molecule has 32 heavy (non-hydrogen) atoms. The fourth-order valence-electron chi connectivity index (χ4n) is 3.05. The highest BCUT2D eigenvalue weighted by molar-refractivity contribution is 6.30. The number of hydrogen-bond acceptors (Lipinski definition) is 4. The summed E-state index contributed by atoms with van der Waals surface area (Å²) in [5.41, 5.74) is 6.46. The number of benzene rings is 3. The molecular formula is C24H23Cl3N4O. The maximum atomic E-state index is 12.7. The lowest BCUT2D eigenvalue weighted by molar-refractivity contribution is 0.0956. The molecule has 3 rings (SSSR count). The van der Waals surface area contributed by atoms with Crippen molar-refractivity contribution >= 4 is 64.0 Å². The Hall–Kier alpha value is -2.73. The van der Waals surface area contributed by atoms with Crippen LogP contribution in [0.15, 0.2) is 77.9 Å². The van der Waals surface area contributed by atoms with Crippen molar-refractivity contribution in [2.45, 2.75) is 0 Å². The van der Waals surface area contributed by atoms with Crippen molar-refractivity contribution in [2.24, 2.45) is 5.10 Å². The molecule has 2 N–H and O–H groups in total. The molecule has 0 saturated carbocycles. The van der Waals surface area contributed by atoms with Crippen LogP contribution in [0, 0.1) is 0 Å². The molecule has 0 aromatic heterocycles.